The van der Waals surface area contributed by atoms with Crippen molar-refractivity contribution in [2.45, 2.75) is 39.5 Å². The van der Waals surface area contributed by atoms with Gasteiger partial charge in [0.1, 0.15) is 6.61 Å². The minimum atomic E-state index is -0.844. The van der Waals surface area contributed by atoms with Crippen LogP contribution in [0.5, 0.6) is 0 Å². The molecule has 20 heavy (non-hydrogen) atoms. The van der Waals surface area contributed by atoms with Gasteiger partial charge in [-0.2, -0.15) is 0 Å². The van der Waals surface area contributed by atoms with Crippen molar-refractivity contribution >= 4 is 11.9 Å². The van der Waals surface area contributed by atoms with Gasteiger partial charge in [0.05, 0.1) is 11.3 Å². The van der Waals surface area contributed by atoms with Gasteiger partial charge >= 0.3 is 5.97 Å². The summed E-state index contributed by atoms with van der Waals surface area (Å²) in [6.07, 6.45) is 1.60. The van der Waals surface area contributed by atoms with Crippen molar-refractivity contribution in [3.05, 3.63) is 35.9 Å². The van der Waals surface area contributed by atoms with Crippen LogP contribution in [0.4, 0.5) is 0 Å². The van der Waals surface area contributed by atoms with E-state index in [1.807, 2.05) is 37.3 Å². The van der Waals surface area contributed by atoms with Gasteiger partial charge in [-0.25, -0.2) is 0 Å². The van der Waals surface area contributed by atoms with Gasteiger partial charge < -0.3 is 10.5 Å². The molecule has 4 nitrogen and oxygen atoms in total. The summed E-state index contributed by atoms with van der Waals surface area (Å²) in [5, 5.41) is 0. The molecule has 0 saturated carbocycles. The standard InChI is InChI=1S/C16H23NO3/c1-4-8-13(12-9-6-5-7-10-12)14(18)20-11-16(2,3)15(17)19/h5-7,9-10,13H,4,8,11H2,1-3H3,(H2,17,19). The van der Waals surface area contributed by atoms with E-state index in [4.69, 9.17) is 10.5 Å². The maximum absolute atomic E-state index is 12.2. The molecule has 1 atom stereocenters. The Morgan fingerprint density at radius 3 is 2.35 bits per heavy atom. The molecule has 0 fully saturated rings. The van der Waals surface area contributed by atoms with E-state index in [9.17, 15) is 9.59 Å². The molecule has 1 rings (SSSR count). The first-order valence-electron chi connectivity index (χ1n) is 6.90. The highest BCUT2D eigenvalue weighted by Crippen LogP contribution is 2.24. The summed E-state index contributed by atoms with van der Waals surface area (Å²) < 4.78 is 5.30. The average Bonchev–Trinajstić information content (AvgIpc) is 2.43. The first-order chi connectivity index (χ1) is 9.38. The Bertz CT molecular complexity index is 454. The zero-order chi connectivity index (χ0) is 15.2. The third-order valence-electron chi connectivity index (χ3n) is 3.31. The Hall–Kier alpha value is -1.84. The number of amides is 1. The zero-order valence-electron chi connectivity index (χ0n) is 12.4. The van der Waals surface area contributed by atoms with Crippen LogP contribution in [0.15, 0.2) is 30.3 Å². The van der Waals surface area contributed by atoms with Crippen LogP contribution in [0.25, 0.3) is 0 Å². The fourth-order valence-electron chi connectivity index (χ4n) is 1.82. The van der Waals surface area contributed by atoms with Crippen molar-refractivity contribution in [1.82, 2.24) is 0 Å². The number of nitrogens with two attached hydrogens (primary N) is 1. The zero-order valence-corrected chi connectivity index (χ0v) is 12.4. The number of carbonyl (C=O) groups excluding carboxylic acids is 2. The summed E-state index contributed by atoms with van der Waals surface area (Å²) in [7, 11) is 0. The van der Waals surface area contributed by atoms with E-state index in [1.54, 1.807) is 13.8 Å². The highest BCUT2D eigenvalue weighted by Gasteiger charge is 2.29. The van der Waals surface area contributed by atoms with E-state index in [-0.39, 0.29) is 18.5 Å². The summed E-state index contributed by atoms with van der Waals surface area (Å²) in [5.41, 5.74) is 5.37. The average molecular weight is 277 g/mol. The fraction of sp³-hybridized carbons (Fsp3) is 0.500. The second-order valence-electron chi connectivity index (χ2n) is 5.61. The lowest BCUT2D eigenvalue weighted by Crippen LogP contribution is -2.37. The summed E-state index contributed by atoms with van der Waals surface area (Å²) in [6.45, 7) is 5.37. The van der Waals surface area contributed by atoms with Crippen molar-refractivity contribution in [3.63, 3.8) is 0 Å². The van der Waals surface area contributed by atoms with Crippen LogP contribution >= 0.6 is 0 Å². The van der Waals surface area contributed by atoms with Gasteiger partial charge in [-0.1, -0.05) is 43.7 Å². The molecule has 110 valence electrons. The SMILES string of the molecule is CCCC(C(=O)OCC(C)(C)C(N)=O)c1ccccc1. The topological polar surface area (TPSA) is 69.4 Å². The van der Waals surface area contributed by atoms with Gasteiger partial charge in [-0.05, 0) is 25.8 Å². The predicted octanol–water partition coefficient (Wildman–Crippen LogP) is 2.63. The Morgan fingerprint density at radius 2 is 1.85 bits per heavy atom. The number of hydrogen-bond acceptors (Lipinski definition) is 3. The number of hydrogen-bond donors (Lipinski definition) is 1. The monoisotopic (exact) mass is 277 g/mol. The number of ether oxygens (including phenoxy) is 1. The van der Waals surface area contributed by atoms with Crippen LogP contribution in [-0.4, -0.2) is 18.5 Å². The molecule has 1 aromatic rings. The molecule has 0 aromatic heterocycles. The van der Waals surface area contributed by atoms with Crippen LogP contribution in [0.3, 0.4) is 0 Å². The van der Waals surface area contributed by atoms with E-state index in [0.717, 1.165) is 18.4 Å². The van der Waals surface area contributed by atoms with Crippen LogP contribution in [0.1, 0.15) is 45.1 Å². The molecule has 2 N–H and O–H groups in total. The molecule has 1 aromatic carbocycles. The van der Waals surface area contributed by atoms with Gasteiger partial charge in [-0.3, -0.25) is 9.59 Å². The maximum Gasteiger partial charge on any atom is 0.313 e. The molecule has 4 heteroatoms. The van der Waals surface area contributed by atoms with Gasteiger partial charge in [0.2, 0.25) is 5.91 Å². The third-order valence-corrected chi connectivity index (χ3v) is 3.31. The Balaban J connectivity index is 2.74. The second-order valence-corrected chi connectivity index (χ2v) is 5.61. The number of esters is 1. The number of rotatable bonds is 7. The van der Waals surface area contributed by atoms with Crippen molar-refractivity contribution in [3.8, 4) is 0 Å². The van der Waals surface area contributed by atoms with Gasteiger partial charge in [0.25, 0.3) is 0 Å². The molecule has 0 spiro atoms. The minimum Gasteiger partial charge on any atom is -0.464 e. The smallest absolute Gasteiger partial charge is 0.313 e. The van der Waals surface area contributed by atoms with Crippen LogP contribution in [0, 0.1) is 5.41 Å². The Kier molecular flexibility index (Phi) is 5.74. The molecule has 0 heterocycles. The normalized spacial score (nSPS) is 12.8. The lowest BCUT2D eigenvalue weighted by atomic mass is 9.93. The van der Waals surface area contributed by atoms with Gasteiger partial charge in [-0.15, -0.1) is 0 Å². The van der Waals surface area contributed by atoms with E-state index in [1.165, 1.54) is 0 Å². The van der Waals surface area contributed by atoms with Crippen LogP contribution in [-0.2, 0) is 14.3 Å². The van der Waals surface area contributed by atoms with Crippen LogP contribution < -0.4 is 5.73 Å². The summed E-state index contributed by atoms with van der Waals surface area (Å²) in [5.74, 6) is -1.06. The quantitative estimate of drug-likeness (QED) is 0.779. The molecular formula is C16H23NO3. The van der Waals surface area contributed by atoms with Gasteiger partial charge in [0, 0.05) is 0 Å². The fourth-order valence-corrected chi connectivity index (χ4v) is 1.82. The van der Waals surface area contributed by atoms with Gasteiger partial charge in [0.15, 0.2) is 0 Å². The third kappa shape index (κ3) is 4.37. The molecule has 0 aliphatic rings. The highest BCUT2D eigenvalue weighted by atomic mass is 16.5. The molecule has 0 bridgehead atoms. The number of carbonyl (C=O) groups is 2. The molecular weight excluding hydrogens is 254 g/mol. The second kappa shape index (κ2) is 7.08. The first-order valence-corrected chi connectivity index (χ1v) is 6.90. The summed E-state index contributed by atoms with van der Waals surface area (Å²) in [6, 6.07) is 9.55. The largest absolute Gasteiger partial charge is 0.464 e. The van der Waals surface area contributed by atoms with E-state index in [0.29, 0.717) is 0 Å². The highest BCUT2D eigenvalue weighted by molar-refractivity contribution is 5.81. The number of primary amides is 1. The minimum absolute atomic E-state index is 0.00815. The molecule has 1 unspecified atom stereocenters. The van der Waals surface area contributed by atoms with Crippen LogP contribution in [0.2, 0.25) is 0 Å². The Labute approximate surface area is 120 Å². The summed E-state index contributed by atoms with van der Waals surface area (Å²) in [4.78, 5) is 23.5. The number of benzene rings is 1. The molecule has 0 aliphatic heterocycles. The van der Waals surface area contributed by atoms with Crippen molar-refractivity contribution in [2.75, 3.05) is 6.61 Å². The van der Waals surface area contributed by atoms with Crippen molar-refractivity contribution in [2.24, 2.45) is 11.1 Å². The maximum atomic E-state index is 12.2. The predicted molar refractivity (Wildman–Crippen MR) is 78.0 cm³/mol. The lowest BCUT2D eigenvalue weighted by Gasteiger charge is -2.22. The first kappa shape index (κ1) is 16.2. The van der Waals surface area contributed by atoms with E-state index < -0.39 is 11.3 Å². The molecule has 0 radical (unpaired) electrons. The summed E-state index contributed by atoms with van der Waals surface area (Å²) >= 11 is 0. The Morgan fingerprint density at radius 1 is 1.25 bits per heavy atom. The van der Waals surface area contributed by atoms with Crippen molar-refractivity contribution in [1.29, 1.82) is 0 Å². The molecule has 0 aliphatic carbocycles. The molecule has 1 amide bonds. The molecule has 0 saturated heterocycles. The van der Waals surface area contributed by atoms with Crippen molar-refractivity contribution < 1.29 is 14.3 Å². The van der Waals surface area contributed by atoms with E-state index in [2.05, 4.69) is 0 Å². The lowest BCUT2D eigenvalue weighted by molar-refractivity contribution is -0.150. The van der Waals surface area contributed by atoms with E-state index >= 15 is 0 Å².